The quantitative estimate of drug-likeness (QED) is 0.0578. The van der Waals surface area contributed by atoms with E-state index in [2.05, 4.69) is 370 Å². The molecule has 0 atom stereocenters. The van der Waals surface area contributed by atoms with Gasteiger partial charge < -0.3 is 0 Å². The lowest BCUT2D eigenvalue weighted by Gasteiger charge is -2.38. The molecule has 0 N–H and O–H groups in total. The zero-order valence-electron chi connectivity index (χ0n) is 63.9. The molecule has 0 nitrogen and oxygen atoms in total. The van der Waals surface area contributed by atoms with Crippen LogP contribution in [0, 0.1) is 45.9 Å². The van der Waals surface area contributed by atoms with Crippen LogP contribution in [0.2, 0.25) is 66.5 Å². The summed E-state index contributed by atoms with van der Waals surface area (Å²) in [6, 6.07) is 60.8. The summed E-state index contributed by atoms with van der Waals surface area (Å²) in [6.45, 7) is 58.4. The zero-order valence-corrected chi connectivity index (χ0v) is 67.9. The van der Waals surface area contributed by atoms with E-state index in [0.29, 0.717) is 66.5 Å². The highest BCUT2D eigenvalue weighted by atomic mass is 28.3. The number of hydrogen-bond acceptors (Lipinski definition) is 0. The highest BCUT2D eigenvalue weighted by Crippen LogP contribution is 2.48. The largest absolute Gasteiger partial charge is 0.146 e. The first-order valence-electron chi connectivity index (χ1n) is 37.4. The third kappa shape index (κ3) is 12.3. The van der Waals surface area contributed by atoms with Gasteiger partial charge in [-0.1, -0.05) is 287 Å². The summed E-state index contributed by atoms with van der Waals surface area (Å²) >= 11 is 0. The second-order valence-corrected chi connectivity index (χ2v) is 55.4. The molecule has 11 aromatic carbocycles. The van der Waals surface area contributed by atoms with Crippen molar-refractivity contribution in [3.63, 3.8) is 0 Å². The van der Waals surface area contributed by atoms with Gasteiger partial charge in [-0.3, -0.25) is 0 Å². The molecule has 0 radical (unpaired) electrons. The van der Waals surface area contributed by atoms with Crippen LogP contribution >= 0.6 is 0 Å². The molecule has 502 valence electrons. The first kappa shape index (κ1) is 71.9. The van der Waals surface area contributed by atoms with Crippen molar-refractivity contribution in [3.8, 4) is 68.1 Å². The van der Waals surface area contributed by atoms with Crippen LogP contribution in [-0.2, 0) is 0 Å². The van der Waals surface area contributed by atoms with Gasteiger partial charge in [-0.15, -0.1) is 22.2 Å². The molecule has 4 heteroatoms. The van der Waals surface area contributed by atoms with Gasteiger partial charge in [-0.25, -0.2) is 0 Å². The van der Waals surface area contributed by atoms with Gasteiger partial charge in [0.2, 0.25) is 0 Å². The summed E-state index contributed by atoms with van der Waals surface area (Å²) in [4.78, 5) is 0. The molecule has 0 aromatic heterocycles. The van der Waals surface area contributed by atoms with Crippen molar-refractivity contribution in [2.24, 2.45) is 0 Å². The van der Waals surface area contributed by atoms with E-state index in [1.54, 1.807) is 0 Å². The van der Waals surface area contributed by atoms with Gasteiger partial charge in [0.15, 0.2) is 0 Å². The van der Waals surface area contributed by atoms with Gasteiger partial charge in [0.05, 0.1) is 0 Å². The number of fused-ring (bicyclic) bond motifs is 8. The van der Waals surface area contributed by atoms with Gasteiger partial charge in [0.1, 0.15) is 32.3 Å². The SMILES string of the molecule is CC(C)[Si](C#Cc1c2cc3ccccc3cc2c(C#C[Si](C(C)C)(C(C)C)C(C)C)c2cc3cc(-c4ccccc4-c4ccc5cc6c(C#C[Si](C(C)C)(C(C)C)C(C)C)c7cc8ccccc8cc7c(C#C[Si](C(C)C)(C(C)C)C(C)C)c6cc5c4)ccc3cc12)(C(C)C)C(C)C. The summed E-state index contributed by atoms with van der Waals surface area (Å²) < 4.78 is 0. The van der Waals surface area contributed by atoms with Crippen molar-refractivity contribution in [2.75, 3.05) is 0 Å². The van der Waals surface area contributed by atoms with E-state index < -0.39 is 32.3 Å². The highest BCUT2D eigenvalue weighted by Gasteiger charge is 2.45. The number of rotatable bonds is 14. The number of hydrogen-bond donors (Lipinski definition) is 0. The van der Waals surface area contributed by atoms with E-state index in [9.17, 15) is 0 Å². The molecule has 0 fully saturated rings. The van der Waals surface area contributed by atoms with Crippen molar-refractivity contribution >= 4 is 118 Å². The first-order valence-corrected chi connectivity index (χ1v) is 46.3. The molecule has 0 saturated heterocycles. The lowest BCUT2D eigenvalue weighted by Crippen LogP contribution is -2.43. The molecule has 11 aromatic rings. The fraction of sp³-hybridized carbons (Fsp3) is 0.383. The monoisotopic (exact) mass is 1350 g/mol. The van der Waals surface area contributed by atoms with Crippen LogP contribution < -0.4 is 0 Å². The fourth-order valence-electron chi connectivity index (χ4n) is 19.6. The Bertz CT molecular complexity index is 4770. The molecule has 0 spiro atoms. The van der Waals surface area contributed by atoms with Gasteiger partial charge in [-0.2, -0.15) is 0 Å². The highest BCUT2D eigenvalue weighted by molar-refractivity contribution is 6.92. The molecule has 0 aliphatic carbocycles. The van der Waals surface area contributed by atoms with Crippen molar-refractivity contribution in [1.82, 2.24) is 0 Å². The molecular formula is C94H110Si4. The molecule has 0 amide bonds. The predicted molar refractivity (Wildman–Crippen MR) is 449 cm³/mol. The Kier molecular flexibility index (Phi) is 20.5. The molecule has 0 unspecified atom stereocenters. The standard InChI is InChI=1S/C94H110Si4/c1-59(2)95(60(3)4,61(5)6)45-41-83-87-51-71-31-25-27-33-73(71)53-89(87)85(43-47-97(65(13)14,66(15)16)67(17)18)93-57-79-49-77(39-37-75(79)55-91(83)93)81-35-29-30-36-82(81)78-40-38-76-56-92-84(42-46-96(62(7)8,63(9)10)64(11)12)88-52-72-32-26-28-34-74(72)54-90(88)86(94(92)58-80(76)50-78)44-48-98(68(19)20,69(21)22)70(23)24/h25-40,49-70H,1-24H3. The predicted octanol–water partition coefficient (Wildman–Crippen LogP) is 28.5. The summed E-state index contributed by atoms with van der Waals surface area (Å²) in [5.41, 5.74) is 32.3. The van der Waals surface area contributed by atoms with Crippen molar-refractivity contribution < 1.29 is 0 Å². The van der Waals surface area contributed by atoms with Crippen LogP contribution in [0.4, 0.5) is 0 Å². The minimum atomic E-state index is -2.17. The zero-order chi connectivity index (χ0) is 70.8. The van der Waals surface area contributed by atoms with Gasteiger partial charge >= 0.3 is 0 Å². The molecule has 0 bridgehead atoms. The lowest BCUT2D eigenvalue weighted by molar-refractivity contribution is 0.838. The number of benzene rings is 11. The average molecular weight is 1350 g/mol. The smallest absolute Gasteiger partial charge is 0.125 e. The van der Waals surface area contributed by atoms with E-state index in [1.807, 2.05) is 0 Å². The Morgan fingerprint density at radius 2 is 0.367 bits per heavy atom. The molecular weight excluding hydrogens is 1240 g/mol. The fourth-order valence-corrected chi connectivity index (χ4v) is 40.4. The van der Waals surface area contributed by atoms with E-state index in [-0.39, 0.29) is 0 Å². The van der Waals surface area contributed by atoms with E-state index in [0.717, 1.165) is 22.3 Å². The Hall–Kier alpha value is -7.39. The van der Waals surface area contributed by atoms with Crippen molar-refractivity contribution in [1.29, 1.82) is 0 Å². The minimum Gasteiger partial charge on any atom is -0.125 e. The molecule has 0 aliphatic rings. The second-order valence-electron chi connectivity index (χ2n) is 33.0. The van der Waals surface area contributed by atoms with Crippen molar-refractivity contribution in [3.05, 3.63) is 180 Å². The molecule has 98 heavy (non-hydrogen) atoms. The molecule has 0 heterocycles. The third-order valence-electron chi connectivity index (χ3n) is 24.5. The molecule has 0 saturated carbocycles. The average Bonchev–Trinajstić information content (AvgIpc) is 0.735. The maximum Gasteiger partial charge on any atom is 0.146 e. The normalized spacial score (nSPS) is 12.9. The van der Waals surface area contributed by atoms with Gasteiger partial charge in [0, 0.05) is 22.3 Å². The van der Waals surface area contributed by atoms with Gasteiger partial charge in [-0.05, 0) is 236 Å². The van der Waals surface area contributed by atoms with Crippen LogP contribution in [0.3, 0.4) is 0 Å². The summed E-state index contributed by atoms with van der Waals surface area (Å²) in [5, 5.41) is 19.4. The summed E-state index contributed by atoms with van der Waals surface area (Å²) in [6.07, 6.45) is 0. The van der Waals surface area contributed by atoms with E-state index in [4.69, 9.17) is 0 Å². The minimum absolute atomic E-state index is 0.498. The molecule has 0 aliphatic heterocycles. The van der Waals surface area contributed by atoms with E-state index in [1.165, 1.54) is 108 Å². The second kappa shape index (κ2) is 28.0. The van der Waals surface area contributed by atoms with Crippen LogP contribution in [-0.4, -0.2) is 32.3 Å². The Balaban J connectivity index is 1.18. The first-order chi connectivity index (χ1) is 46.4. The topological polar surface area (TPSA) is 0 Å². The maximum absolute atomic E-state index is 4.25. The Morgan fingerprint density at radius 1 is 0.194 bits per heavy atom. The van der Waals surface area contributed by atoms with Gasteiger partial charge in [0.25, 0.3) is 0 Å². The van der Waals surface area contributed by atoms with Crippen LogP contribution in [0.1, 0.15) is 188 Å². The van der Waals surface area contributed by atoms with Crippen LogP contribution in [0.5, 0.6) is 0 Å². The molecule has 11 rings (SSSR count). The third-order valence-corrected chi connectivity index (χ3v) is 49.7. The summed E-state index contributed by atoms with van der Waals surface area (Å²) in [7, 11) is -8.62. The van der Waals surface area contributed by atoms with Crippen molar-refractivity contribution in [2.45, 2.75) is 233 Å². The maximum atomic E-state index is 4.25. The van der Waals surface area contributed by atoms with Crippen LogP contribution in [0.15, 0.2) is 158 Å². The van der Waals surface area contributed by atoms with Crippen LogP contribution in [0.25, 0.3) is 108 Å². The lowest BCUT2D eigenvalue weighted by atomic mass is 9.87. The summed E-state index contributed by atoms with van der Waals surface area (Å²) in [5.74, 6) is 16.5. The Morgan fingerprint density at radius 3 is 0.561 bits per heavy atom. The Labute approximate surface area is 595 Å². The van der Waals surface area contributed by atoms with E-state index >= 15 is 0 Å².